The van der Waals surface area contributed by atoms with Gasteiger partial charge in [0.15, 0.2) is 6.29 Å². The van der Waals surface area contributed by atoms with Gasteiger partial charge < -0.3 is 24.8 Å². The highest BCUT2D eigenvalue weighted by Gasteiger charge is 2.34. The fourth-order valence-electron chi connectivity index (χ4n) is 3.70. The van der Waals surface area contributed by atoms with Gasteiger partial charge in [0, 0.05) is 6.92 Å². The van der Waals surface area contributed by atoms with Gasteiger partial charge in [0.2, 0.25) is 0 Å². The van der Waals surface area contributed by atoms with E-state index in [2.05, 4.69) is 20.8 Å². The first kappa shape index (κ1) is 24.7. The molecule has 0 aromatic heterocycles. The molecule has 0 aromatic rings. The largest absolute Gasteiger partial charge is 0.503 e. The first-order valence-corrected chi connectivity index (χ1v) is 9.42. The molecule has 3 N–H and O–H groups in total. The van der Waals surface area contributed by atoms with E-state index in [9.17, 15) is 0 Å². The highest BCUT2D eigenvalue weighted by atomic mass is 16.7. The molecule has 1 saturated heterocycles. The van der Waals surface area contributed by atoms with E-state index in [0.717, 1.165) is 44.8 Å². The van der Waals surface area contributed by atoms with Gasteiger partial charge in [-0.2, -0.15) is 0 Å². The van der Waals surface area contributed by atoms with Crippen LogP contribution < -0.4 is 0 Å². The smallest absolute Gasteiger partial charge is 0.481 e. The lowest BCUT2D eigenvalue weighted by Gasteiger charge is -2.41. The van der Waals surface area contributed by atoms with Gasteiger partial charge >= 0.3 is 6.16 Å². The second-order valence-corrected chi connectivity index (χ2v) is 7.74. The van der Waals surface area contributed by atoms with Crippen LogP contribution >= 0.6 is 0 Å². The molecule has 0 bridgehead atoms. The minimum absolute atomic E-state index is 0.0891. The molecule has 1 aliphatic carbocycles. The van der Waals surface area contributed by atoms with Crippen LogP contribution in [0.2, 0.25) is 0 Å². The molecule has 2 rings (SSSR count). The van der Waals surface area contributed by atoms with E-state index < -0.39 is 12.1 Å². The summed E-state index contributed by atoms with van der Waals surface area (Å²) >= 11 is 0. The summed E-state index contributed by atoms with van der Waals surface area (Å²) in [6.07, 6.45) is 7.23. The maximum absolute atomic E-state index is 9.00. The normalized spacial score (nSPS) is 25.1. The Kier molecular flexibility index (Phi) is 12.3. The van der Waals surface area contributed by atoms with E-state index in [0.29, 0.717) is 5.41 Å². The van der Waals surface area contributed by atoms with Crippen molar-refractivity contribution in [2.45, 2.75) is 78.9 Å². The first-order valence-electron chi connectivity index (χ1n) is 9.42. The van der Waals surface area contributed by atoms with Gasteiger partial charge in [-0.15, -0.1) is 0 Å². The Morgan fingerprint density at radius 1 is 1.04 bits per heavy atom. The van der Waals surface area contributed by atoms with Crippen LogP contribution in [0.15, 0.2) is 0 Å². The number of hydrogen-bond donors (Lipinski definition) is 3. The average molecular weight is 376 g/mol. The third-order valence-corrected chi connectivity index (χ3v) is 4.87. The van der Waals surface area contributed by atoms with Gasteiger partial charge in [0.05, 0.1) is 13.2 Å². The summed E-state index contributed by atoms with van der Waals surface area (Å²) in [5, 5.41) is 21.4. The van der Waals surface area contributed by atoms with E-state index in [1.54, 1.807) is 0 Å². The standard InChI is InChI=1S/C16H30O2.C2H4O2.CH2O3/c1-4-13-12-16(2,3)9-8-14(13)6-7-15-17-10-5-11-18-15;1-2(3)4;2-1(3)4/h13-15H,4-12H2,1-3H3;1H3,(H,3,4);(H2,2,3,4). The van der Waals surface area contributed by atoms with Crippen molar-refractivity contribution in [1.29, 1.82) is 0 Å². The summed E-state index contributed by atoms with van der Waals surface area (Å²) in [6.45, 7) is 10.1. The molecular weight excluding hydrogens is 340 g/mol. The van der Waals surface area contributed by atoms with Crippen molar-refractivity contribution in [3.05, 3.63) is 0 Å². The number of carboxylic acids is 1. The summed E-state index contributed by atoms with van der Waals surface area (Å²) in [5.41, 5.74) is 0.564. The van der Waals surface area contributed by atoms with Crippen LogP contribution in [0.3, 0.4) is 0 Å². The van der Waals surface area contributed by atoms with Gasteiger partial charge in [-0.1, -0.05) is 27.2 Å². The molecule has 1 saturated carbocycles. The van der Waals surface area contributed by atoms with Crippen molar-refractivity contribution in [2.24, 2.45) is 17.3 Å². The van der Waals surface area contributed by atoms with Crippen LogP contribution in [0.5, 0.6) is 0 Å². The van der Waals surface area contributed by atoms with Crippen LogP contribution in [0, 0.1) is 17.3 Å². The van der Waals surface area contributed by atoms with E-state index >= 15 is 0 Å². The monoisotopic (exact) mass is 376 g/mol. The Morgan fingerprint density at radius 2 is 1.54 bits per heavy atom. The molecule has 7 heteroatoms. The molecule has 0 aromatic carbocycles. The number of carboxylic acid groups (broad SMARTS) is 3. The zero-order valence-corrected chi connectivity index (χ0v) is 16.6. The quantitative estimate of drug-likeness (QED) is 0.652. The number of ether oxygens (including phenoxy) is 2. The fraction of sp³-hybridized carbons (Fsp3) is 0.895. The summed E-state index contributed by atoms with van der Waals surface area (Å²) in [4.78, 5) is 17.6. The van der Waals surface area contributed by atoms with Crippen LogP contribution in [0.1, 0.15) is 72.6 Å². The molecule has 2 fully saturated rings. The molecule has 1 heterocycles. The maximum Gasteiger partial charge on any atom is 0.503 e. The van der Waals surface area contributed by atoms with Crippen LogP contribution in [-0.2, 0) is 14.3 Å². The first-order chi connectivity index (χ1) is 12.1. The third kappa shape index (κ3) is 12.9. The molecular formula is C19H36O7. The second kappa shape index (κ2) is 12.9. The Hall–Kier alpha value is -1.34. The number of hydrogen-bond acceptors (Lipinski definition) is 4. The number of carbonyl (C=O) groups is 2. The minimum Gasteiger partial charge on any atom is -0.481 e. The van der Waals surface area contributed by atoms with E-state index in [-0.39, 0.29) is 6.29 Å². The highest BCUT2D eigenvalue weighted by molar-refractivity contribution is 5.62. The van der Waals surface area contributed by atoms with Gasteiger partial charge in [0.25, 0.3) is 5.97 Å². The maximum atomic E-state index is 9.00. The zero-order valence-electron chi connectivity index (χ0n) is 16.6. The molecule has 154 valence electrons. The predicted octanol–water partition coefficient (Wildman–Crippen LogP) is 4.70. The second-order valence-electron chi connectivity index (χ2n) is 7.74. The van der Waals surface area contributed by atoms with Crippen molar-refractivity contribution < 1.29 is 34.4 Å². The third-order valence-electron chi connectivity index (χ3n) is 4.87. The number of rotatable bonds is 4. The van der Waals surface area contributed by atoms with Gasteiger partial charge in [0.1, 0.15) is 0 Å². The molecule has 2 unspecified atom stereocenters. The van der Waals surface area contributed by atoms with Crippen LogP contribution in [-0.4, -0.2) is 46.9 Å². The van der Waals surface area contributed by atoms with Crippen molar-refractivity contribution in [3.8, 4) is 0 Å². The Bertz CT molecular complexity index is 383. The summed E-state index contributed by atoms with van der Waals surface area (Å²) < 4.78 is 11.3. The lowest BCUT2D eigenvalue weighted by Crippen LogP contribution is -2.31. The Labute approximate surface area is 156 Å². The lowest BCUT2D eigenvalue weighted by molar-refractivity contribution is -0.183. The van der Waals surface area contributed by atoms with E-state index in [4.69, 9.17) is 34.4 Å². The zero-order chi connectivity index (χ0) is 20.2. The van der Waals surface area contributed by atoms with E-state index in [1.165, 1.54) is 32.1 Å². The lowest BCUT2D eigenvalue weighted by atomic mass is 9.65. The topological polar surface area (TPSA) is 113 Å². The van der Waals surface area contributed by atoms with Gasteiger partial charge in [-0.3, -0.25) is 4.79 Å². The molecule has 0 radical (unpaired) electrons. The Morgan fingerprint density at radius 3 is 2.00 bits per heavy atom. The van der Waals surface area contributed by atoms with Crippen molar-refractivity contribution in [2.75, 3.05) is 13.2 Å². The van der Waals surface area contributed by atoms with E-state index in [1.807, 2.05) is 0 Å². The molecule has 26 heavy (non-hydrogen) atoms. The minimum atomic E-state index is -1.83. The van der Waals surface area contributed by atoms with Crippen LogP contribution in [0.25, 0.3) is 0 Å². The molecule has 1 aliphatic heterocycles. The van der Waals surface area contributed by atoms with Gasteiger partial charge in [-0.25, -0.2) is 4.79 Å². The molecule has 2 atom stereocenters. The van der Waals surface area contributed by atoms with Crippen molar-refractivity contribution in [1.82, 2.24) is 0 Å². The highest BCUT2D eigenvalue weighted by Crippen LogP contribution is 2.44. The number of aliphatic carboxylic acids is 1. The molecule has 2 aliphatic rings. The summed E-state index contributed by atoms with van der Waals surface area (Å²) in [6, 6.07) is 0. The van der Waals surface area contributed by atoms with Crippen molar-refractivity contribution >= 4 is 12.1 Å². The molecule has 7 nitrogen and oxygen atoms in total. The molecule has 0 amide bonds. The SMILES string of the molecule is CC(=O)O.CCC1CC(C)(C)CCC1CCC1OCCCO1.O=C(O)O. The van der Waals surface area contributed by atoms with Gasteiger partial charge in [-0.05, 0) is 55.8 Å². The van der Waals surface area contributed by atoms with Crippen molar-refractivity contribution in [3.63, 3.8) is 0 Å². The fourth-order valence-corrected chi connectivity index (χ4v) is 3.70. The Balaban J connectivity index is 0.000000662. The summed E-state index contributed by atoms with van der Waals surface area (Å²) in [5.74, 6) is 0.981. The van der Waals surface area contributed by atoms with Crippen LogP contribution in [0.4, 0.5) is 4.79 Å². The average Bonchev–Trinajstić information content (AvgIpc) is 2.53. The predicted molar refractivity (Wildman–Crippen MR) is 98.4 cm³/mol. The molecule has 0 spiro atoms. The summed E-state index contributed by atoms with van der Waals surface area (Å²) in [7, 11) is 0.